The summed E-state index contributed by atoms with van der Waals surface area (Å²) < 4.78 is 36.6. The number of aliphatic hydroxyl groups excluding tert-OH is 3. The van der Waals surface area contributed by atoms with Crippen LogP contribution in [0.4, 0.5) is 20.3 Å². The Morgan fingerprint density at radius 3 is 2.58 bits per heavy atom. The highest BCUT2D eigenvalue weighted by molar-refractivity contribution is 6.36. The highest BCUT2D eigenvalue weighted by Gasteiger charge is 2.50. The monoisotopic (exact) mass is 621 g/mol. The van der Waals surface area contributed by atoms with E-state index in [0.717, 1.165) is 0 Å². The summed E-state index contributed by atoms with van der Waals surface area (Å²) >= 11 is 6.62. The van der Waals surface area contributed by atoms with Gasteiger partial charge in [-0.3, -0.25) is 14.9 Å². The number of halogens is 3. The molecule has 2 fully saturated rings. The number of carbonyl (C=O) groups is 2. The average molecular weight is 622 g/mol. The largest absolute Gasteiger partial charge is 0.479 e. The number of alkyl halides is 1. The van der Waals surface area contributed by atoms with Gasteiger partial charge < -0.3 is 39.8 Å². The average Bonchev–Trinajstić information content (AvgIpc) is 3.30. The number of aliphatic carboxylic acids is 1. The summed E-state index contributed by atoms with van der Waals surface area (Å²) in [4.78, 5) is 33.7. The number of fused-ring (bicyclic) bond motifs is 2. The van der Waals surface area contributed by atoms with Crippen molar-refractivity contribution in [2.24, 2.45) is 5.92 Å². The van der Waals surface area contributed by atoms with Gasteiger partial charge in [-0.25, -0.2) is 18.6 Å². The van der Waals surface area contributed by atoms with Gasteiger partial charge in [-0.2, -0.15) is 5.10 Å². The molecule has 0 radical (unpaired) electrons. The van der Waals surface area contributed by atoms with E-state index in [1.807, 2.05) is 0 Å². The first kappa shape index (κ1) is 29.1. The Labute approximate surface area is 245 Å². The number of imidazole rings is 1. The van der Waals surface area contributed by atoms with Crippen molar-refractivity contribution in [2.75, 3.05) is 10.2 Å². The molecule has 4 heterocycles. The topological polar surface area (TPSA) is 198 Å². The van der Waals surface area contributed by atoms with E-state index in [9.17, 15) is 34.4 Å². The van der Waals surface area contributed by atoms with Gasteiger partial charge in [0.2, 0.25) is 5.91 Å². The van der Waals surface area contributed by atoms with Crippen molar-refractivity contribution in [3.63, 3.8) is 0 Å². The van der Waals surface area contributed by atoms with Crippen LogP contribution in [0.1, 0.15) is 20.3 Å². The summed E-state index contributed by atoms with van der Waals surface area (Å²) in [5, 5.41) is 50.1. The molecule has 0 spiro atoms. The van der Waals surface area contributed by atoms with E-state index in [1.165, 1.54) is 34.1 Å². The summed E-state index contributed by atoms with van der Waals surface area (Å²) in [6.45, 7) is 3.24. The Hall–Kier alpha value is -3.96. The van der Waals surface area contributed by atoms with Gasteiger partial charge in [0.15, 0.2) is 29.6 Å². The minimum absolute atomic E-state index is 0.0968. The van der Waals surface area contributed by atoms with Crippen LogP contribution in [-0.2, 0) is 14.3 Å². The normalized spacial score (nSPS) is 27.1. The smallest absolute Gasteiger partial charge is 0.335 e. The van der Waals surface area contributed by atoms with Crippen LogP contribution in [0, 0.1) is 11.7 Å². The number of aromatic nitrogens is 5. The third-order valence-electron chi connectivity index (χ3n) is 7.58. The summed E-state index contributed by atoms with van der Waals surface area (Å²) in [5.74, 6) is -3.59. The van der Waals surface area contributed by atoms with E-state index < -0.39 is 71.5 Å². The van der Waals surface area contributed by atoms with Crippen molar-refractivity contribution in [1.82, 2.24) is 24.6 Å². The molecule has 7 atom stereocenters. The van der Waals surface area contributed by atoms with E-state index in [2.05, 4.69) is 25.5 Å². The second kappa shape index (κ2) is 10.6. The number of carbonyl (C=O) groups excluding carboxylic acids is 1. The Kier molecular flexibility index (Phi) is 7.21. The maximum atomic E-state index is 16.3. The van der Waals surface area contributed by atoms with Crippen LogP contribution in [0.25, 0.3) is 27.8 Å². The molecule has 6 rings (SSSR count). The van der Waals surface area contributed by atoms with Gasteiger partial charge in [0.25, 0.3) is 0 Å². The molecule has 6 N–H and O–H groups in total. The number of anilines is 2. The Morgan fingerprint density at radius 1 is 1.21 bits per heavy atom. The molecule has 2 aliphatic rings. The molecule has 0 unspecified atom stereocenters. The first-order valence-electron chi connectivity index (χ1n) is 13.2. The van der Waals surface area contributed by atoms with Crippen LogP contribution in [0.3, 0.4) is 0 Å². The number of nitrogens with one attached hydrogen (secondary N) is 2. The van der Waals surface area contributed by atoms with E-state index in [1.54, 1.807) is 13.8 Å². The number of aromatic amines is 1. The van der Waals surface area contributed by atoms with Crippen molar-refractivity contribution < 1.29 is 43.5 Å². The first-order chi connectivity index (χ1) is 20.4. The van der Waals surface area contributed by atoms with Crippen molar-refractivity contribution in [2.45, 2.75) is 63.1 Å². The fraction of sp³-hybridized carbons (Fsp3) is 0.423. The van der Waals surface area contributed by atoms with Crippen molar-refractivity contribution in [1.29, 1.82) is 0 Å². The molecule has 1 aliphatic heterocycles. The van der Waals surface area contributed by atoms with Gasteiger partial charge in [0.05, 0.1) is 40.7 Å². The SMILES string of the molecule is CC(C)N(c1c(F)c(Cl)c(-c2cn3cc(NC(=O)[C@@H]4C[C@@H]4F)nc3cn2)c2cn[nH]c12)[C@@H]1O[C@H](C(=O)O)[C@@H](O)[C@H](O)[C@H]1O. The molecule has 1 aromatic carbocycles. The lowest BCUT2D eigenvalue weighted by Crippen LogP contribution is -2.65. The minimum Gasteiger partial charge on any atom is -0.479 e. The molecule has 1 amide bonds. The highest BCUT2D eigenvalue weighted by Crippen LogP contribution is 2.44. The zero-order valence-electron chi connectivity index (χ0n) is 22.5. The Balaban J connectivity index is 1.42. The molecule has 43 heavy (non-hydrogen) atoms. The summed E-state index contributed by atoms with van der Waals surface area (Å²) in [6.07, 6.45) is -4.48. The predicted octanol–water partition coefficient (Wildman–Crippen LogP) is 1.47. The number of aliphatic hydroxyl groups is 3. The van der Waals surface area contributed by atoms with Crippen LogP contribution < -0.4 is 10.2 Å². The quantitative estimate of drug-likeness (QED) is 0.175. The van der Waals surface area contributed by atoms with Crippen LogP contribution in [-0.4, -0.2) is 99.7 Å². The molecule has 0 bridgehead atoms. The van der Waals surface area contributed by atoms with E-state index in [4.69, 9.17) is 16.3 Å². The summed E-state index contributed by atoms with van der Waals surface area (Å²) in [7, 11) is 0. The van der Waals surface area contributed by atoms with E-state index in [0.29, 0.717) is 11.0 Å². The van der Waals surface area contributed by atoms with Crippen molar-refractivity contribution in [3.8, 4) is 11.3 Å². The van der Waals surface area contributed by atoms with Crippen LogP contribution in [0.2, 0.25) is 5.02 Å². The zero-order chi connectivity index (χ0) is 30.9. The molecular formula is C26H26ClF2N7O7. The van der Waals surface area contributed by atoms with Crippen LogP contribution in [0.5, 0.6) is 0 Å². The predicted molar refractivity (Wildman–Crippen MR) is 147 cm³/mol. The van der Waals surface area contributed by atoms with Gasteiger partial charge in [0, 0.05) is 23.2 Å². The fourth-order valence-electron chi connectivity index (χ4n) is 5.31. The molecule has 3 aromatic heterocycles. The summed E-state index contributed by atoms with van der Waals surface area (Å²) in [6, 6.07) is -0.656. The van der Waals surface area contributed by atoms with E-state index in [-0.39, 0.29) is 34.7 Å². The number of nitrogens with zero attached hydrogens (tertiary/aromatic N) is 5. The summed E-state index contributed by atoms with van der Waals surface area (Å²) in [5.41, 5.74) is 0.544. The van der Waals surface area contributed by atoms with Crippen LogP contribution >= 0.6 is 11.6 Å². The van der Waals surface area contributed by atoms with Crippen molar-refractivity contribution in [3.05, 3.63) is 35.6 Å². The Morgan fingerprint density at radius 2 is 1.93 bits per heavy atom. The lowest BCUT2D eigenvalue weighted by Gasteiger charge is -2.46. The minimum atomic E-state index is -1.94. The third-order valence-corrected chi connectivity index (χ3v) is 7.94. The molecule has 17 heteroatoms. The van der Waals surface area contributed by atoms with Crippen LogP contribution in [0.15, 0.2) is 24.8 Å². The maximum Gasteiger partial charge on any atom is 0.335 e. The molecule has 1 aliphatic carbocycles. The van der Waals surface area contributed by atoms with Gasteiger partial charge in [-0.15, -0.1) is 0 Å². The number of amides is 1. The zero-order valence-corrected chi connectivity index (χ0v) is 23.3. The molecule has 14 nitrogen and oxygen atoms in total. The molecular weight excluding hydrogens is 596 g/mol. The Bertz CT molecular complexity index is 1750. The number of carboxylic acid groups (broad SMARTS) is 1. The molecule has 1 saturated heterocycles. The maximum absolute atomic E-state index is 16.3. The standard InChI is InChI=1S/C26H26ClF2N7O7/c1-8(2)36(25-22(39)20(37)21(38)23(43-25)26(41)42)19-17(29)16(27)15(10-4-31-34-18(10)19)12-6-35-7-13(32-14(35)5-30-12)33-24(40)9-3-11(9)28/h4-9,11,20-23,25,37-39H,3H2,1-2H3,(H,31,34)(H,33,40)(H,41,42)/t9-,11+,20+,21+,22-,23+,25-/m1/s1. The van der Waals surface area contributed by atoms with Crippen molar-refractivity contribution >= 4 is 51.5 Å². The van der Waals surface area contributed by atoms with Gasteiger partial charge in [-0.05, 0) is 20.3 Å². The van der Waals surface area contributed by atoms with Gasteiger partial charge in [0.1, 0.15) is 30.2 Å². The number of ether oxygens (including phenoxy) is 1. The van der Waals surface area contributed by atoms with E-state index >= 15 is 4.39 Å². The first-order valence-corrected chi connectivity index (χ1v) is 13.6. The number of hydrogen-bond donors (Lipinski definition) is 6. The number of hydrogen-bond acceptors (Lipinski definition) is 10. The number of rotatable bonds is 7. The highest BCUT2D eigenvalue weighted by atomic mass is 35.5. The fourth-order valence-corrected chi connectivity index (χ4v) is 5.60. The second-order valence-electron chi connectivity index (χ2n) is 10.8. The molecule has 4 aromatic rings. The number of carboxylic acids is 1. The van der Waals surface area contributed by atoms with Gasteiger partial charge in [-0.1, -0.05) is 11.6 Å². The number of benzene rings is 1. The molecule has 228 valence electrons. The lowest BCUT2D eigenvalue weighted by atomic mass is 9.96. The third kappa shape index (κ3) is 4.84. The molecule has 1 saturated carbocycles. The second-order valence-corrected chi connectivity index (χ2v) is 11.2. The van der Waals surface area contributed by atoms with Gasteiger partial charge >= 0.3 is 5.97 Å². The number of H-pyrrole nitrogens is 1. The lowest BCUT2D eigenvalue weighted by molar-refractivity contribution is -0.228.